The van der Waals surface area contributed by atoms with Gasteiger partial charge < -0.3 is 10.6 Å². The summed E-state index contributed by atoms with van der Waals surface area (Å²) in [6.45, 7) is 0.183. The third-order valence-corrected chi connectivity index (χ3v) is 3.57. The SMILES string of the molecule is CSCC[C@H](N)C(=O)N(C)Cc1ccccc1[N+](=O)[O-]. The monoisotopic (exact) mass is 297 g/mol. The minimum absolute atomic E-state index is 0.0184. The van der Waals surface area contributed by atoms with Crippen LogP contribution in [0.25, 0.3) is 0 Å². The lowest BCUT2D eigenvalue weighted by Gasteiger charge is -2.21. The van der Waals surface area contributed by atoms with Crippen molar-refractivity contribution >= 4 is 23.4 Å². The number of thioether (sulfide) groups is 1. The molecule has 0 fully saturated rings. The van der Waals surface area contributed by atoms with Crippen LogP contribution in [0.1, 0.15) is 12.0 Å². The van der Waals surface area contributed by atoms with E-state index in [4.69, 9.17) is 5.73 Å². The van der Waals surface area contributed by atoms with Crippen LogP contribution < -0.4 is 5.73 Å². The Balaban J connectivity index is 2.73. The Morgan fingerprint density at radius 2 is 2.15 bits per heavy atom. The molecule has 7 heteroatoms. The van der Waals surface area contributed by atoms with Crippen molar-refractivity contribution in [2.75, 3.05) is 19.1 Å². The number of amides is 1. The third kappa shape index (κ3) is 4.50. The number of nitro groups is 1. The largest absolute Gasteiger partial charge is 0.340 e. The molecule has 1 aromatic carbocycles. The molecular formula is C13H19N3O3S. The van der Waals surface area contributed by atoms with Crippen LogP contribution in [0.4, 0.5) is 5.69 Å². The van der Waals surface area contributed by atoms with Crippen molar-refractivity contribution in [2.24, 2.45) is 5.73 Å². The number of nitro benzene ring substituents is 1. The number of likely N-dealkylation sites (N-methyl/N-ethyl adjacent to an activating group) is 1. The maximum Gasteiger partial charge on any atom is 0.274 e. The molecule has 1 aromatic rings. The molecule has 1 atom stereocenters. The molecule has 110 valence electrons. The van der Waals surface area contributed by atoms with Gasteiger partial charge in [-0.15, -0.1) is 0 Å². The Kier molecular flexibility index (Phi) is 6.47. The van der Waals surface area contributed by atoms with Gasteiger partial charge in [0.1, 0.15) is 0 Å². The second-order valence-electron chi connectivity index (χ2n) is 4.47. The maximum absolute atomic E-state index is 12.1. The second-order valence-corrected chi connectivity index (χ2v) is 5.45. The summed E-state index contributed by atoms with van der Waals surface area (Å²) in [5.74, 6) is 0.615. The van der Waals surface area contributed by atoms with Crippen molar-refractivity contribution in [1.82, 2.24) is 4.90 Å². The summed E-state index contributed by atoms with van der Waals surface area (Å²) in [7, 11) is 1.61. The minimum atomic E-state index is -0.560. The lowest BCUT2D eigenvalue weighted by Crippen LogP contribution is -2.41. The quantitative estimate of drug-likeness (QED) is 0.610. The fraction of sp³-hybridized carbons (Fsp3) is 0.462. The Labute approximate surface area is 122 Å². The highest BCUT2D eigenvalue weighted by molar-refractivity contribution is 7.98. The predicted octanol–water partition coefficient (Wildman–Crippen LogP) is 1.63. The molecule has 0 aliphatic heterocycles. The molecule has 20 heavy (non-hydrogen) atoms. The summed E-state index contributed by atoms with van der Waals surface area (Å²) in [6.07, 6.45) is 2.55. The average molecular weight is 297 g/mol. The van der Waals surface area contributed by atoms with E-state index < -0.39 is 11.0 Å². The van der Waals surface area contributed by atoms with Crippen LogP contribution in [0.15, 0.2) is 24.3 Å². The smallest absolute Gasteiger partial charge is 0.274 e. The highest BCUT2D eigenvalue weighted by Crippen LogP contribution is 2.19. The molecule has 1 rings (SSSR count). The number of carbonyl (C=O) groups excluding carboxylic acids is 1. The number of nitrogens with two attached hydrogens (primary N) is 1. The van der Waals surface area contributed by atoms with Gasteiger partial charge in [-0.25, -0.2) is 0 Å². The number of rotatable bonds is 7. The fourth-order valence-electron chi connectivity index (χ4n) is 1.81. The van der Waals surface area contributed by atoms with Crippen molar-refractivity contribution in [3.63, 3.8) is 0 Å². The standard InChI is InChI=1S/C13H19N3O3S/c1-15(13(17)11(14)7-8-20-2)9-10-5-3-4-6-12(10)16(18)19/h3-6,11H,7-9,14H2,1-2H3/t11-/m0/s1. The number of para-hydroxylation sites is 1. The topological polar surface area (TPSA) is 89.5 Å². The molecule has 1 amide bonds. The molecule has 0 aliphatic carbocycles. The van der Waals surface area contributed by atoms with Crippen LogP contribution in [0.2, 0.25) is 0 Å². The van der Waals surface area contributed by atoms with E-state index in [0.717, 1.165) is 5.75 Å². The summed E-state index contributed by atoms with van der Waals surface area (Å²) in [4.78, 5) is 24.0. The molecule has 6 nitrogen and oxygen atoms in total. The number of hydrogen-bond acceptors (Lipinski definition) is 5. The van der Waals surface area contributed by atoms with Gasteiger partial charge in [0.15, 0.2) is 0 Å². The second kappa shape index (κ2) is 7.86. The van der Waals surface area contributed by atoms with E-state index in [1.54, 1.807) is 37.0 Å². The zero-order valence-corrected chi connectivity index (χ0v) is 12.4. The average Bonchev–Trinajstić information content (AvgIpc) is 2.44. The van der Waals surface area contributed by atoms with Gasteiger partial charge in [-0.3, -0.25) is 14.9 Å². The van der Waals surface area contributed by atoms with E-state index in [-0.39, 0.29) is 18.1 Å². The molecule has 2 N–H and O–H groups in total. The Morgan fingerprint density at radius 1 is 1.50 bits per heavy atom. The summed E-state index contributed by atoms with van der Waals surface area (Å²) in [5.41, 5.74) is 6.34. The molecule has 0 spiro atoms. The zero-order chi connectivity index (χ0) is 15.1. The van der Waals surface area contributed by atoms with Crippen LogP contribution in [-0.4, -0.2) is 40.8 Å². The van der Waals surface area contributed by atoms with Gasteiger partial charge in [-0.05, 0) is 18.4 Å². The Bertz CT molecular complexity index is 482. The van der Waals surface area contributed by atoms with E-state index in [1.807, 2.05) is 6.26 Å². The minimum Gasteiger partial charge on any atom is -0.340 e. The first-order valence-electron chi connectivity index (χ1n) is 6.19. The van der Waals surface area contributed by atoms with Gasteiger partial charge in [0.25, 0.3) is 5.69 Å². The molecule has 0 heterocycles. The Morgan fingerprint density at radius 3 is 2.75 bits per heavy atom. The van der Waals surface area contributed by atoms with Crippen LogP contribution >= 0.6 is 11.8 Å². The highest BCUT2D eigenvalue weighted by atomic mass is 32.2. The number of hydrogen-bond donors (Lipinski definition) is 1. The van der Waals surface area contributed by atoms with Crippen LogP contribution in [0.5, 0.6) is 0 Å². The van der Waals surface area contributed by atoms with E-state index in [1.165, 1.54) is 11.0 Å². The normalized spacial score (nSPS) is 11.9. The van der Waals surface area contributed by atoms with Gasteiger partial charge in [-0.2, -0.15) is 11.8 Å². The zero-order valence-electron chi connectivity index (χ0n) is 11.6. The summed E-state index contributed by atoms with van der Waals surface area (Å²) in [5, 5.41) is 10.9. The summed E-state index contributed by atoms with van der Waals surface area (Å²) >= 11 is 1.63. The molecule has 0 saturated carbocycles. The van der Waals surface area contributed by atoms with Crippen molar-refractivity contribution in [1.29, 1.82) is 0 Å². The van der Waals surface area contributed by atoms with E-state index in [2.05, 4.69) is 0 Å². The molecule has 0 unspecified atom stereocenters. The number of nitrogens with zero attached hydrogens (tertiary/aromatic N) is 2. The first kappa shape index (κ1) is 16.5. The van der Waals surface area contributed by atoms with Gasteiger partial charge in [0.05, 0.1) is 17.5 Å². The lowest BCUT2D eigenvalue weighted by atomic mass is 10.1. The van der Waals surface area contributed by atoms with Crippen molar-refractivity contribution < 1.29 is 9.72 Å². The predicted molar refractivity (Wildman–Crippen MR) is 80.5 cm³/mol. The van der Waals surface area contributed by atoms with E-state index in [0.29, 0.717) is 12.0 Å². The maximum atomic E-state index is 12.1. The number of benzene rings is 1. The third-order valence-electron chi connectivity index (χ3n) is 2.92. The van der Waals surface area contributed by atoms with Crippen LogP contribution in [0.3, 0.4) is 0 Å². The van der Waals surface area contributed by atoms with Gasteiger partial charge in [0.2, 0.25) is 5.91 Å². The lowest BCUT2D eigenvalue weighted by molar-refractivity contribution is -0.385. The Hall–Kier alpha value is -1.60. The molecule has 0 bridgehead atoms. The molecule has 0 aromatic heterocycles. The highest BCUT2D eigenvalue weighted by Gasteiger charge is 2.20. The van der Waals surface area contributed by atoms with Crippen LogP contribution in [-0.2, 0) is 11.3 Å². The van der Waals surface area contributed by atoms with E-state index in [9.17, 15) is 14.9 Å². The molecule has 0 saturated heterocycles. The van der Waals surface area contributed by atoms with Gasteiger partial charge >= 0.3 is 0 Å². The first-order chi connectivity index (χ1) is 9.47. The van der Waals surface area contributed by atoms with Crippen molar-refractivity contribution in [3.05, 3.63) is 39.9 Å². The van der Waals surface area contributed by atoms with E-state index >= 15 is 0 Å². The molecule has 0 radical (unpaired) electrons. The fourth-order valence-corrected chi connectivity index (χ4v) is 2.30. The van der Waals surface area contributed by atoms with Crippen molar-refractivity contribution in [3.8, 4) is 0 Å². The number of carbonyl (C=O) groups is 1. The van der Waals surface area contributed by atoms with Crippen molar-refractivity contribution in [2.45, 2.75) is 19.0 Å². The summed E-state index contributed by atoms with van der Waals surface area (Å²) < 4.78 is 0. The molecule has 0 aliphatic rings. The molecular weight excluding hydrogens is 278 g/mol. The first-order valence-corrected chi connectivity index (χ1v) is 7.58. The van der Waals surface area contributed by atoms with Crippen LogP contribution in [0, 0.1) is 10.1 Å². The van der Waals surface area contributed by atoms with Gasteiger partial charge in [0, 0.05) is 18.7 Å². The summed E-state index contributed by atoms with van der Waals surface area (Å²) in [6, 6.07) is 5.84. The van der Waals surface area contributed by atoms with Gasteiger partial charge in [-0.1, -0.05) is 18.2 Å².